The van der Waals surface area contributed by atoms with E-state index >= 15 is 0 Å². The van der Waals surface area contributed by atoms with E-state index in [-0.39, 0.29) is 13.0 Å². The Kier molecular flexibility index (Phi) is 4.23. The first-order valence-electron chi connectivity index (χ1n) is 6.40. The maximum absolute atomic E-state index is 11.9. The Morgan fingerprint density at radius 2 is 2.30 bits per heavy atom. The molecule has 2 unspecified atom stereocenters. The number of rotatable bonds is 4. The van der Waals surface area contributed by atoms with Crippen molar-refractivity contribution in [1.82, 2.24) is 20.0 Å². The number of aliphatic hydroxyl groups excluding tert-OH is 1. The maximum atomic E-state index is 11.9. The van der Waals surface area contributed by atoms with Crippen molar-refractivity contribution in [3.63, 3.8) is 0 Å². The summed E-state index contributed by atoms with van der Waals surface area (Å²) in [6.07, 6.45) is 3.48. The number of carbonyl (C=O) groups excluding carboxylic acids is 1. The molecule has 2 amide bonds. The van der Waals surface area contributed by atoms with E-state index in [1.54, 1.807) is 10.9 Å². The van der Waals surface area contributed by atoms with Gasteiger partial charge in [-0.2, -0.15) is 5.10 Å². The SMILES string of the molecule is Cn1cc(CCNC(=O)N2CC(O)CC2C(=O)O)cn1. The first-order chi connectivity index (χ1) is 9.47. The van der Waals surface area contributed by atoms with Crippen LogP contribution in [0.2, 0.25) is 0 Å². The normalized spacial score (nSPS) is 22.0. The largest absolute Gasteiger partial charge is 0.480 e. The maximum Gasteiger partial charge on any atom is 0.326 e. The van der Waals surface area contributed by atoms with Crippen molar-refractivity contribution in [3.8, 4) is 0 Å². The van der Waals surface area contributed by atoms with Crippen molar-refractivity contribution in [2.24, 2.45) is 7.05 Å². The number of aromatic nitrogens is 2. The highest BCUT2D eigenvalue weighted by Gasteiger charge is 2.38. The molecule has 1 aromatic heterocycles. The summed E-state index contributed by atoms with van der Waals surface area (Å²) in [4.78, 5) is 24.1. The molecular formula is C12H18N4O4. The van der Waals surface area contributed by atoms with E-state index in [2.05, 4.69) is 10.4 Å². The smallest absolute Gasteiger partial charge is 0.326 e. The third-order valence-electron chi connectivity index (χ3n) is 3.27. The molecule has 0 radical (unpaired) electrons. The Morgan fingerprint density at radius 1 is 1.55 bits per heavy atom. The molecule has 0 aromatic carbocycles. The second kappa shape index (κ2) is 5.91. The molecule has 1 saturated heterocycles. The van der Waals surface area contributed by atoms with Crippen molar-refractivity contribution < 1.29 is 19.8 Å². The highest BCUT2D eigenvalue weighted by Crippen LogP contribution is 2.18. The van der Waals surface area contributed by atoms with E-state index in [1.165, 1.54) is 0 Å². The number of urea groups is 1. The minimum Gasteiger partial charge on any atom is -0.480 e. The molecule has 0 aliphatic carbocycles. The number of β-amino-alcohol motifs (C(OH)–C–C–N with tert-alkyl or cyclic N) is 1. The van der Waals surface area contributed by atoms with Gasteiger partial charge in [-0.25, -0.2) is 9.59 Å². The fourth-order valence-corrected chi connectivity index (χ4v) is 2.29. The minimum atomic E-state index is -1.09. The minimum absolute atomic E-state index is 0.0513. The number of hydrogen-bond acceptors (Lipinski definition) is 4. The van der Waals surface area contributed by atoms with Gasteiger partial charge < -0.3 is 20.4 Å². The van der Waals surface area contributed by atoms with Crippen LogP contribution in [-0.2, 0) is 18.3 Å². The fraction of sp³-hybridized carbons (Fsp3) is 0.583. The van der Waals surface area contributed by atoms with E-state index in [0.717, 1.165) is 10.5 Å². The van der Waals surface area contributed by atoms with Gasteiger partial charge in [0.05, 0.1) is 12.3 Å². The summed E-state index contributed by atoms with van der Waals surface area (Å²) < 4.78 is 1.68. The van der Waals surface area contributed by atoms with Crippen LogP contribution in [0.1, 0.15) is 12.0 Å². The Hall–Kier alpha value is -2.09. The van der Waals surface area contributed by atoms with Crippen LogP contribution in [0, 0.1) is 0 Å². The number of carbonyl (C=O) groups is 2. The Balaban J connectivity index is 1.83. The van der Waals surface area contributed by atoms with Gasteiger partial charge in [0.25, 0.3) is 0 Å². The van der Waals surface area contributed by atoms with E-state index in [1.807, 2.05) is 13.2 Å². The molecule has 2 atom stereocenters. The van der Waals surface area contributed by atoms with Crippen molar-refractivity contribution in [2.75, 3.05) is 13.1 Å². The third-order valence-corrected chi connectivity index (χ3v) is 3.27. The van der Waals surface area contributed by atoms with Crippen molar-refractivity contribution in [2.45, 2.75) is 25.0 Å². The molecule has 0 spiro atoms. The zero-order chi connectivity index (χ0) is 14.7. The summed E-state index contributed by atoms with van der Waals surface area (Å²) in [6.45, 7) is 0.444. The highest BCUT2D eigenvalue weighted by atomic mass is 16.4. The number of nitrogens with one attached hydrogen (secondary N) is 1. The van der Waals surface area contributed by atoms with E-state index in [4.69, 9.17) is 5.11 Å². The van der Waals surface area contributed by atoms with Gasteiger partial charge in [-0.15, -0.1) is 0 Å². The zero-order valence-electron chi connectivity index (χ0n) is 11.2. The second-order valence-electron chi connectivity index (χ2n) is 4.90. The van der Waals surface area contributed by atoms with Crippen molar-refractivity contribution in [3.05, 3.63) is 18.0 Å². The Bertz CT molecular complexity index is 501. The average molecular weight is 282 g/mol. The van der Waals surface area contributed by atoms with Gasteiger partial charge in [-0.05, 0) is 12.0 Å². The summed E-state index contributed by atoms with van der Waals surface area (Å²) in [5.74, 6) is -1.09. The number of carboxylic acids is 1. The first-order valence-corrected chi connectivity index (χ1v) is 6.40. The summed E-state index contributed by atoms with van der Waals surface area (Å²) >= 11 is 0. The molecule has 8 nitrogen and oxygen atoms in total. The molecular weight excluding hydrogens is 264 g/mol. The summed E-state index contributed by atoms with van der Waals surface area (Å²) in [5, 5.41) is 25.2. The van der Waals surface area contributed by atoms with E-state index in [9.17, 15) is 14.7 Å². The number of nitrogens with zero attached hydrogens (tertiary/aromatic N) is 3. The molecule has 3 N–H and O–H groups in total. The Morgan fingerprint density at radius 3 is 2.90 bits per heavy atom. The third kappa shape index (κ3) is 3.27. The average Bonchev–Trinajstić information content (AvgIpc) is 2.95. The van der Waals surface area contributed by atoms with Crippen LogP contribution in [0.15, 0.2) is 12.4 Å². The lowest BCUT2D eigenvalue weighted by Gasteiger charge is -2.21. The fourth-order valence-electron chi connectivity index (χ4n) is 2.29. The number of aliphatic carboxylic acids is 1. The second-order valence-corrected chi connectivity index (χ2v) is 4.90. The topological polar surface area (TPSA) is 108 Å². The van der Waals surface area contributed by atoms with Gasteiger partial charge in [-0.1, -0.05) is 0 Å². The van der Waals surface area contributed by atoms with Gasteiger partial charge in [0, 0.05) is 32.8 Å². The van der Waals surface area contributed by atoms with Crippen LogP contribution in [-0.4, -0.2) is 62.1 Å². The van der Waals surface area contributed by atoms with Crippen LogP contribution >= 0.6 is 0 Å². The number of hydrogen-bond donors (Lipinski definition) is 3. The van der Waals surface area contributed by atoms with Crippen LogP contribution in [0.3, 0.4) is 0 Å². The monoisotopic (exact) mass is 282 g/mol. The van der Waals surface area contributed by atoms with Gasteiger partial charge in [0.1, 0.15) is 6.04 Å². The van der Waals surface area contributed by atoms with E-state index in [0.29, 0.717) is 13.0 Å². The zero-order valence-corrected chi connectivity index (χ0v) is 11.2. The van der Waals surface area contributed by atoms with Gasteiger partial charge in [-0.3, -0.25) is 4.68 Å². The molecule has 0 saturated carbocycles. The molecule has 1 aromatic rings. The molecule has 8 heteroatoms. The van der Waals surface area contributed by atoms with Crippen LogP contribution in [0.5, 0.6) is 0 Å². The number of likely N-dealkylation sites (tertiary alicyclic amines) is 1. The molecule has 20 heavy (non-hydrogen) atoms. The first kappa shape index (κ1) is 14.3. The molecule has 1 fully saturated rings. The van der Waals surface area contributed by atoms with Crippen LogP contribution in [0.25, 0.3) is 0 Å². The summed E-state index contributed by atoms with van der Waals surface area (Å²) in [6, 6.07) is -1.42. The van der Waals surface area contributed by atoms with Crippen LogP contribution < -0.4 is 5.32 Å². The number of aliphatic hydroxyl groups is 1. The molecule has 2 heterocycles. The lowest BCUT2D eigenvalue weighted by atomic mass is 10.2. The standard InChI is InChI=1S/C12H18N4O4/c1-15-6-8(5-14-15)2-3-13-12(20)16-7-9(17)4-10(16)11(18)19/h5-6,9-10,17H,2-4,7H2,1H3,(H,13,20)(H,18,19). The number of aryl methyl sites for hydroxylation is 1. The van der Waals surface area contributed by atoms with Crippen molar-refractivity contribution in [1.29, 1.82) is 0 Å². The number of amides is 2. The summed E-state index contributed by atoms with van der Waals surface area (Å²) in [5.41, 5.74) is 0.990. The quantitative estimate of drug-likeness (QED) is 0.669. The molecule has 2 rings (SSSR count). The predicted molar refractivity (Wildman–Crippen MR) is 69.1 cm³/mol. The molecule has 1 aliphatic heterocycles. The Labute approximate surface area is 116 Å². The van der Waals surface area contributed by atoms with Crippen molar-refractivity contribution >= 4 is 12.0 Å². The number of carboxylic acid groups (broad SMARTS) is 1. The van der Waals surface area contributed by atoms with Crippen LogP contribution in [0.4, 0.5) is 4.79 Å². The van der Waals surface area contributed by atoms with Gasteiger partial charge >= 0.3 is 12.0 Å². The predicted octanol–water partition coefficient (Wildman–Crippen LogP) is -0.808. The molecule has 1 aliphatic rings. The van der Waals surface area contributed by atoms with Gasteiger partial charge in [0.2, 0.25) is 0 Å². The lowest BCUT2D eigenvalue weighted by Crippen LogP contribution is -2.46. The molecule has 110 valence electrons. The summed E-state index contributed by atoms with van der Waals surface area (Å²) in [7, 11) is 1.81. The molecule has 0 bridgehead atoms. The highest BCUT2D eigenvalue weighted by molar-refractivity contribution is 5.83. The lowest BCUT2D eigenvalue weighted by molar-refractivity contribution is -0.141. The van der Waals surface area contributed by atoms with Gasteiger partial charge in [0.15, 0.2) is 0 Å². The van der Waals surface area contributed by atoms with E-state index < -0.39 is 24.1 Å².